The monoisotopic (exact) mass is 318 g/mol. The third-order valence-corrected chi connectivity index (χ3v) is 2.63. The van der Waals surface area contributed by atoms with E-state index in [1.165, 1.54) is 0 Å². The van der Waals surface area contributed by atoms with Crippen molar-refractivity contribution in [2.24, 2.45) is 0 Å². The first-order valence-electron chi connectivity index (χ1n) is 4.29. The molecule has 0 N–H and O–H groups in total. The van der Waals surface area contributed by atoms with Crippen molar-refractivity contribution in [3.63, 3.8) is 0 Å². The number of carbonyl (C=O) groups is 2. The highest BCUT2D eigenvalue weighted by Crippen LogP contribution is 2.24. The largest absolute Gasteiger partial charge is 0.420 e. The summed E-state index contributed by atoms with van der Waals surface area (Å²) in [5, 5.41) is 0. The van der Waals surface area contributed by atoms with Crippen LogP contribution in [-0.2, 0) is 19.1 Å². The predicted octanol–water partition coefficient (Wildman–Crippen LogP) is 1.78. The molecule has 15 heavy (non-hydrogen) atoms. The number of rotatable bonds is 1. The fourth-order valence-corrected chi connectivity index (χ4v) is 1.58. The molecule has 5 heteroatoms. The summed E-state index contributed by atoms with van der Waals surface area (Å²) in [6.45, 7) is 0. The number of cyclic esters (lactones) is 2. The smallest absolute Gasteiger partial charge is 0.320 e. The van der Waals surface area contributed by atoms with E-state index in [0.29, 0.717) is 5.56 Å². The highest BCUT2D eigenvalue weighted by Gasteiger charge is 2.28. The van der Waals surface area contributed by atoms with Crippen LogP contribution in [0.2, 0.25) is 0 Å². The first-order valence-corrected chi connectivity index (χ1v) is 5.37. The minimum Gasteiger partial charge on any atom is -0.420 e. The fourth-order valence-electron chi connectivity index (χ4n) is 1.22. The van der Waals surface area contributed by atoms with E-state index in [4.69, 9.17) is 9.47 Å². The van der Waals surface area contributed by atoms with Gasteiger partial charge in [-0.2, -0.15) is 0 Å². The van der Waals surface area contributed by atoms with E-state index in [1.54, 1.807) is 12.1 Å². The van der Waals surface area contributed by atoms with Crippen molar-refractivity contribution < 1.29 is 19.1 Å². The molecule has 0 amide bonds. The van der Waals surface area contributed by atoms with E-state index in [0.717, 1.165) is 3.57 Å². The Bertz CT molecular complexity index is 382. The zero-order valence-corrected chi connectivity index (χ0v) is 9.76. The molecular formula is C10H7IO4. The molecule has 1 saturated heterocycles. The second-order valence-corrected chi connectivity index (χ2v) is 4.29. The number of esters is 2. The lowest BCUT2D eigenvalue weighted by molar-refractivity contribution is -0.204. The summed E-state index contributed by atoms with van der Waals surface area (Å²) >= 11 is 2.16. The number of halogens is 1. The van der Waals surface area contributed by atoms with Crippen LogP contribution in [0, 0.1) is 3.57 Å². The fraction of sp³-hybridized carbons (Fsp3) is 0.200. The molecule has 1 aliphatic heterocycles. The minimum atomic E-state index is -0.893. The molecule has 0 bridgehead atoms. The zero-order chi connectivity index (χ0) is 10.8. The van der Waals surface area contributed by atoms with Gasteiger partial charge < -0.3 is 9.47 Å². The van der Waals surface area contributed by atoms with Crippen molar-refractivity contribution in [3.8, 4) is 0 Å². The lowest BCUT2D eigenvalue weighted by atomic mass is 10.2. The lowest BCUT2D eigenvalue weighted by Gasteiger charge is -2.22. The summed E-state index contributed by atoms with van der Waals surface area (Å²) in [4.78, 5) is 22.0. The van der Waals surface area contributed by atoms with Gasteiger partial charge in [-0.3, -0.25) is 9.59 Å². The van der Waals surface area contributed by atoms with Crippen LogP contribution in [0.3, 0.4) is 0 Å². The molecule has 1 fully saturated rings. The molecule has 1 aliphatic rings. The van der Waals surface area contributed by atoms with Crippen molar-refractivity contribution >= 4 is 34.5 Å². The molecule has 0 radical (unpaired) electrons. The zero-order valence-electron chi connectivity index (χ0n) is 7.60. The third kappa shape index (κ3) is 2.47. The molecule has 0 aromatic heterocycles. The number of hydrogen-bond donors (Lipinski definition) is 0. The maximum Gasteiger partial charge on any atom is 0.320 e. The highest BCUT2D eigenvalue weighted by atomic mass is 127. The van der Waals surface area contributed by atoms with Crippen LogP contribution in [0.5, 0.6) is 0 Å². The lowest BCUT2D eigenvalue weighted by Crippen LogP contribution is -2.26. The van der Waals surface area contributed by atoms with Gasteiger partial charge in [-0.15, -0.1) is 0 Å². The SMILES string of the molecule is O=C1CC(=O)OC(c2ccc(I)cc2)O1. The summed E-state index contributed by atoms with van der Waals surface area (Å²) in [5.41, 5.74) is 0.664. The summed E-state index contributed by atoms with van der Waals surface area (Å²) in [7, 11) is 0. The molecule has 0 atom stereocenters. The average molecular weight is 318 g/mol. The quantitative estimate of drug-likeness (QED) is 0.450. The van der Waals surface area contributed by atoms with Crippen LogP contribution in [0.4, 0.5) is 0 Å². The molecule has 4 nitrogen and oxygen atoms in total. The maximum atomic E-state index is 11.0. The predicted molar refractivity (Wildman–Crippen MR) is 58.7 cm³/mol. The van der Waals surface area contributed by atoms with Crippen molar-refractivity contribution in [1.82, 2.24) is 0 Å². The van der Waals surface area contributed by atoms with E-state index in [9.17, 15) is 9.59 Å². The van der Waals surface area contributed by atoms with Crippen LogP contribution in [-0.4, -0.2) is 11.9 Å². The third-order valence-electron chi connectivity index (χ3n) is 1.91. The number of carbonyl (C=O) groups excluding carboxylic acids is 2. The summed E-state index contributed by atoms with van der Waals surface area (Å²) in [5.74, 6) is -1.09. The Balaban J connectivity index is 2.19. The Kier molecular flexibility index (Phi) is 2.90. The topological polar surface area (TPSA) is 52.6 Å². The summed E-state index contributed by atoms with van der Waals surface area (Å²) in [6, 6.07) is 7.23. The van der Waals surface area contributed by atoms with Gasteiger partial charge in [0, 0.05) is 9.13 Å². The Hall–Kier alpha value is -1.11. The maximum absolute atomic E-state index is 11.0. The van der Waals surface area contributed by atoms with E-state index in [-0.39, 0.29) is 6.42 Å². The second kappa shape index (κ2) is 4.18. The van der Waals surface area contributed by atoms with Crippen molar-refractivity contribution in [2.45, 2.75) is 12.7 Å². The van der Waals surface area contributed by atoms with Crippen LogP contribution < -0.4 is 0 Å². The Morgan fingerprint density at radius 1 is 1.07 bits per heavy atom. The molecule has 1 aromatic carbocycles. The average Bonchev–Trinajstić information content (AvgIpc) is 2.17. The standard InChI is InChI=1S/C10H7IO4/c11-7-3-1-6(2-4-7)10-14-8(12)5-9(13)15-10/h1-4,10H,5H2. The van der Waals surface area contributed by atoms with Crippen LogP contribution in [0.1, 0.15) is 18.3 Å². The molecule has 0 saturated carbocycles. The Morgan fingerprint density at radius 2 is 1.60 bits per heavy atom. The summed E-state index contributed by atoms with van der Waals surface area (Å²) < 4.78 is 10.9. The van der Waals surface area contributed by atoms with Crippen LogP contribution in [0.15, 0.2) is 24.3 Å². The molecule has 0 spiro atoms. The first-order chi connectivity index (χ1) is 7.15. The van der Waals surface area contributed by atoms with Gasteiger partial charge in [-0.05, 0) is 34.7 Å². The molecule has 2 rings (SSSR count). The van der Waals surface area contributed by atoms with Gasteiger partial charge in [0.1, 0.15) is 6.42 Å². The second-order valence-electron chi connectivity index (χ2n) is 3.04. The van der Waals surface area contributed by atoms with Crippen LogP contribution >= 0.6 is 22.6 Å². The van der Waals surface area contributed by atoms with Crippen molar-refractivity contribution in [1.29, 1.82) is 0 Å². The van der Waals surface area contributed by atoms with Gasteiger partial charge in [0.15, 0.2) is 0 Å². The minimum absolute atomic E-state index is 0.305. The molecule has 0 aliphatic carbocycles. The van der Waals surface area contributed by atoms with E-state index in [2.05, 4.69) is 22.6 Å². The van der Waals surface area contributed by atoms with Gasteiger partial charge in [0.2, 0.25) is 0 Å². The molecule has 78 valence electrons. The van der Waals surface area contributed by atoms with Crippen LogP contribution in [0.25, 0.3) is 0 Å². The van der Waals surface area contributed by atoms with E-state index in [1.807, 2.05) is 12.1 Å². The van der Waals surface area contributed by atoms with Gasteiger partial charge in [-0.25, -0.2) is 0 Å². The van der Waals surface area contributed by atoms with Gasteiger partial charge in [-0.1, -0.05) is 12.1 Å². The normalized spacial score (nSPS) is 17.1. The molecule has 1 heterocycles. The molecular weight excluding hydrogens is 311 g/mol. The van der Waals surface area contributed by atoms with Crippen molar-refractivity contribution in [3.05, 3.63) is 33.4 Å². The first kappa shape index (κ1) is 10.4. The Morgan fingerprint density at radius 3 is 2.13 bits per heavy atom. The highest BCUT2D eigenvalue weighted by molar-refractivity contribution is 14.1. The number of ether oxygens (including phenoxy) is 2. The van der Waals surface area contributed by atoms with E-state index >= 15 is 0 Å². The Labute approximate surface area is 99.7 Å². The van der Waals surface area contributed by atoms with Gasteiger partial charge >= 0.3 is 11.9 Å². The number of hydrogen-bond acceptors (Lipinski definition) is 4. The van der Waals surface area contributed by atoms with E-state index < -0.39 is 18.2 Å². The van der Waals surface area contributed by atoms with Gasteiger partial charge in [0.05, 0.1) is 0 Å². The van der Waals surface area contributed by atoms with Gasteiger partial charge in [0.25, 0.3) is 6.29 Å². The molecule has 0 unspecified atom stereocenters. The number of benzene rings is 1. The summed E-state index contributed by atoms with van der Waals surface area (Å²) in [6.07, 6.45) is -1.20. The van der Waals surface area contributed by atoms with Crippen molar-refractivity contribution in [2.75, 3.05) is 0 Å². The molecule has 1 aromatic rings.